The third-order valence-electron chi connectivity index (χ3n) is 4.19. The van der Waals surface area contributed by atoms with Gasteiger partial charge in [0.1, 0.15) is 5.84 Å². The largest absolute Gasteiger partial charge is 0.366 e. The van der Waals surface area contributed by atoms with E-state index in [4.69, 9.17) is 0 Å². The van der Waals surface area contributed by atoms with Gasteiger partial charge in [-0.25, -0.2) is 4.99 Å². The molecule has 0 aromatic heterocycles. The molecule has 0 amide bonds. The van der Waals surface area contributed by atoms with E-state index < -0.39 is 0 Å². The van der Waals surface area contributed by atoms with Crippen molar-refractivity contribution in [2.75, 3.05) is 14.1 Å². The maximum Gasteiger partial charge on any atom is 0.101 e. The van der Waals surface area contributed by atoms with Crippen LogP contribution in [0, 0.1) is 0 Å². The molecule has 0 bridgehead atoms. The number of benzene rings is 1. The second-order valence-electron chi connectivity index (χ2n) is 6.44. The molecule has 22 heavy (non-hydrogen) atoms. The number of aryl methyl sites for hydroxylation is 1. The van der Waals surface area contributed by atoms with Crippen LogP contribution in [0.2, 0.25) is 0 Å². The minimum absolute atomic E-state index is 1.04. The monoisotopic (exact) mass is 302 g/mol. The lowest BCUT2D eigenvalue weighted by Crippen LogP contribution is -2.17. The molecule has 0 atom stereocenters. The van der Waals surface area contributed by atoms with E-state index in [1.165, 1.54) is 63.4 Å². The van der Waals surface area contributed by atoms with Crippen LogP contribution in [0.15, 0.2) is 29.3 Å². The first kappa shape index (κ1) is 18.7. The third kappa shape index (κ3) is 8.21. The summed E-state index contributed by atoms with van der Waals surface area (Å²) in [6, 6.07) is 8.71. The van der Waals surface area contributed by atoms with Crippen molar-refractivity contribution in [1.29, 1.82) is 0 Å². The number of aliphatic imine (C=N–C) groups is 1. The fourth-order valence-electron chi connectivity index (χ4n) is 2.49. The third-order valence-corrected chi connectivity index (χ3v) is 4.19. The van der Waals surface area contributed by atoms with Gasteiger partial charge in [0.25, 0.3) is 0 Å². The predicted octanol–water partition coefficient (Wildman–Crippen LogP) is 5.98. The molecule has 0 fully saturated rings. The zero-order valence-corrected chi connectivity index (χ0v) is 15.1. The molecule has 1 aromatic rings. The summed E-state index contributed by atoms with van der Waals surface area (Å²) in [5.74, 6) is 1.04. The van der Waals surface area contributed by atoms with Gasteiger partial charge >= 0.3 is 0 Å². The van der Waals surface area contributed by atoms with E-state index in [1.54, 1.807) is 0 Å². The number of unbranched alkanes of at least 4 members (excludes halogenated alkanes) is 7. The van der Waals surface area contributed by atoms with Gasteiger partial charge in [0, 0.05) is 14.1 Å². The van der Waals surface area contributed by atoms with Crippen molar-refractivity contribution in [2.24, 2.45) is 4.99 Å². The standard InChI is InChI=1S/C20H34N2/c1-5-6-7-8-9-10-11-12-13-19-14-16-20(17-15-19)21-18(2)22(3)4/h14-17H,5-13H2,1-4H3. The molecule has 2 nitrogen and oxygen atoms in total. The Morgan fingerprint density at radius 2 is 1.41 bits per heavy atom. The molecule has 2 heteroatoms. The Labute approximate surface area is 137 Å². The van der Waals surface area contributed by atoms with Crippen molar-refractivity contribution in [3.8, 4) is 0 Å². The number of rotatable bonds is 10. The highest BCUT2D eigenvalue weighted by Gasteiger charge is 1.97. The summed E-state index contributed by atoms with van der Waals surface area (Å²) in [5.41, 5.74) is 2.48. The molecule has 0 saturated heterocycles. The maximum absolute atomic E-state index is 4.59. The van der Waals surface area contributed by atoms with Gasteiger partial charge in [0.15, 0.2) is 0 Å². The zero-order chi connectivity index (χ0) is 16.2. The minimum atomic E-state index is 1.04. The highest BCUT2D eigenvalue weighted by molar-refractivity contribution is 5.81. The Bertz CT molecular complexity index is 418. The summed E-state index contributed by atoms with van der Waals surface area (Å²) in [4.78, 5) is 6.62. The van der Waals surface area contributed by atoms with Crippen molar-refractivity contribution < 1.29 is 0 Å². The summed E-state index contributed by atoms with van der Waals surface area (Å²) < 4.78 is 0. The highest BCUT2D eigenvalue weighted by Crippen LogP contribution is 2.16. The van der Waals surface area contributed by atoms with Crippen molar-refractivity contribution >= 4 is 11.5 Å². The molecule has 0 aliphatic rings. The smallest absolute Gasteiger partial charge is 0.101 e. The van der Waals surface area contributed by atoms with E-state index in [0.717, 1.165) is 11.5 Å². The molecule has 0 aliphatic heterocycles. The second-order valence-corrected chi connectivity index (χ2v) is 6.44. The molecular weight excluding hydrogens is 268 g/mol. The molecule has 0 aliphatic carbocycles. The Kier molecular flexibility index (Phi) is 9.61. The van der Waals surface area contributed by atoms with Gasteiger partial charge in [0.2, 0.25) is 0 Å². The fourth-order valence-corrected chi connectivity index (χ4v) is 2.49. The number of nitrogens with zero attached hydrogens (tertiary/aromatic N) is 2. The number of amidine groups is 1. The predicted molar refractivity (Wildman–Crippen MR) is 99.2 cm³/mol. The van der Waals surface area contributed by atoms with Crippen LogP contribution in [0.3, 0.4) is 0 Å². The molecule has 0 saturated carbocycles. The van der Waals surface area contributed by atoms with E-state index >= 15 is 0 Å². The van der Waals surface area contributed by atoms with Gasteiger partial charge in [-0.1, -0.05) is 64.0 Å². The molecule has 1 aromatic carbocycles. The van der Waals surface area contributed by atoms with Crippen LogP contribution in [0.1, 0.15) is 70.8 Å². The molecule has 0 heterocycles. The quantitative estimate of drug-likeness (QED) is 0.295. The van der Waals surface area contributed by atoms with Crippen LogP contribution >= 0.6 is 0 Å². The summed E-state index contributed by atoms with van der Waals surface area (Å²) in [5, 5.41) is 0. The summed E-state index contributed by atoms with van der Waals surface area (Å²) in [6.45, 7) is 4.31. The lowest BCUT2D eigenvalue weighted by atomic mass is 10.0. The van der Waals surface area contributed by atoms with Gasteiger partial charge in [0.05, 0.1) is 5.69 Å². The van der Waals surface area contributed by atoms with E-state index in [2.05, 4.69) is 36.2 Å². The van der Waals surface area contributed by atoms with Crippen LogP contribution in [0.4, 0.5) is 5.69 Å². The van der Waals surface area contributed by atoms with Crippen molar-refractivity contribution in [2.45, 2.75) is 71.6 Å². The van der Waals surface area contributed by atoms with E-state index in [0.29, 0.717) is 0 Å². The maximum atomic E-state index is 4.59. The molecule has 0 unspecified atom stereocenters. The topological polar surface area (TPSA) is 15.6 Å². The van der Waals surface area contributed by atoms with Gasteiger partial charge < -0.3 is 4.90 Å². The van der Waals surface area contributed by atoms with Gasteiger partial charge in [-0.2, -0.15) is 0 Å². The van der Waals surface area contributed by atoms with Crippen molar-refractivity contribution in [3.05, 3.63) is 29.8 Å². The normalized spacial score (nSPS) is 11.7. The Hall–Kier alpha value is -1.31. The van der Waals surface area contributed by atoms with Crippen molar-refractivity contribution in [1.82, 2.24) is 4.90 Å². The second kappa shape index (κ2) is 11.3. The lowest BCUT2D eigenvalue weighted by Gasteiger charge is -2.11. The number of hydrogen-bond acceptors (Lipinski definition) is 1. The summed E-state index contributed by atoms with van der Waals surface area (Å²) in [6.07, 6.45) is 12.3. The number of hydrogen-bond donors (Lipinski definition) is 0. The minimum Gasteiger partial charge on any atom is -0.366 e. The Morgan fingerprint density at radius 3 is 1.95 bits per heavy atom. The molecule has 0 radical (unpaired) electrons. The first-order valence-corrected chi connectivity index (χ1v) is 8.95. The van der Waals surface area contributed by atoms with E-state index in [9.17, 15) is 0 Å². The summed E-state index contributed by atoms with van der Waals surface area (Å²) >= 11 is 0. The van der Waals surface area contributed by atoms with Gasteiger partial charge in [-0.15, -0.1) is 0 Å². The molecule has 0 N–H and O–H groups in total. The average Bonchev–Trinajstić information content (AvgIpc) is 2.51. The van der Waals surface area contributed by atoms with Crippen LogP contribution in [-0.4, -0.2) is 24.8 Å². The average molecular weight is 303 g/mol. The van der Waals surface area contributed by atoms with Gasteiger partial charge in [-0.3, -0.25) is 0 Å². The van der Waals surface area contributed by atoms with Crippen LogP contribution in [-0.2, 0) is 6.42 Å². The van der Waals surface area contributed by atoms with Gasteiger partial charge in [-0.05, 0) is 37.5 Å². The fraction of sp³-hybridized carbons (Fsp3) is 0.650. The molecule has 0 spiro atoms. The first-order valence-electron chi connectivity index (χ1n) is 8.95. The van der Waals surface area contributed by atoms with E-state index in [1.807, 2.05) is 25.9 Å². The zero-order valence-electron chi connectivity index (χ0n) is 15.1. The molecule has 1 rings (SSSR count). The lowest BCUT2D eigenvalue weighted by molar-refractivity contribution is 0.575. The van der Waals surface area contributed by atoms with Crippen LogP contribution in [0.25, 0.3) is 0 Å². The molecule has 124 valence electrons. The van der Waals surface area contributed by atoms with Crippen molar-refractivity contribution in [3.63, 3.8) is 0 Å². The summed E-state index contributed by atoms with van der Waals surface area (Å²) in [7, 11) is 4.05. The Morgan fingerprint density at radius 1 is 0.864 bits per heavy atom. The van der Waals surface area contributed by atoms with Crippen LogP contribution in [0.5, 0.6) is 0 Å². The SMILES string of the molecule is CCCCCCCCCCc1ccc(N=C(C)N(C)C)cc1. The van der Waals surface area contributed by atoms with E-state index in [-0.39, 0.29) is 0 Å². The molecular formula is C20H34N2. The highest BCUT2D eigenvalue weighted by atomic mass is 15.1. The Balaban J connectivity index is 2.21. The first-order chi connectivity index (χ1) is 10.6. The van der Waals surface area contributed by atoms with Crippen LogP contribution < -0.4 is 0 Å².